The van der Waals surface area contributed by atoms with E-state index >= 15 is 0 Å². The summed E-state index contributed by atoms with van der Waals surface area (Å²) in [6.07, 6.45) is 0. The highest BCUT2D eigenvalue weighted by Crippen LogP contribution is 2.28. The first-order valence-corrected chi connectivity index (χ1v) is 6.09. The van der Waals surface area contributed by atoms with Crippen LogP contribution in [0.4, 0.5) is 10.1 Å². The first-order chi connectivity index (χ1) is 9.08. The largest absolute Gasteiger partial charge is 0.295 e. The second kappa shape index (κ2) is 5.91. The number of hydrazine groups is 1. The molecule has 0 heterocycles. The molecule has 2 aromatic rings. The molecule has 0 aliphatic heterocycles. The molecule has 0 saturated heterocycles. The topological polar surface area (TPSA) is 41.1 Å². The molecular formula is C13H9Cl2FN2O. The summed E-state index contributed by atoms with van der Waals surface area (Å²) in [4.78, 5) is 11.8. The van der Waals surface area contributed by atoms with Crippen molar-refractivity contribution in [3.63, 3.8) is 0 Å². The number of rotatable bonds is 3. The average molecular weight is 299 g/mol. The normalized spacial score (nSPS) is 10.1. The Balaban J connectivity index is 2.06. The summed E-state index contributed by atoms with van der Waals surface area (Å²) in [6.45, 7) is 0. The minimum atomic E-state index is -0.420. The highest BCUT2D eigenvalue weighted by atomic mass is 35.5. The van der Waals surface area contributed by atoms with Crippen molar-refractivity contribution in [2.45, 2.75) is 0 Å². The summed E-state index contributed by atoms with van der Waals surface area (Å²) in [5, 5.41) is 0.763. The second-order valence-corrected chi connectivity index (χ2v) is 4.50. The first-order valence-electron chi connectivity index (χ1n) is 5.34. The molecule has 0 bridgehead atoms. The fraction of sp³-hybridized carbons (Fsp3) is 0. The third kappa shape index (κ3) is 3.36. The van der Waals surface area contributed by atoms with Gasteiger partial charge in [0.2, 0.25) is 0 Å². The van der Waals surface area contributed by atoms with E-state index in [0.29, 0.717) is 21.3 Å². The van der Waals surface area contributed by atoms with Crippen molar-refractivity contribution in [2.75, 3.05) is 5.43 Å². The summed E-state index contributed by atoms with van der Waals surface area (Å²) in [6, 6.07) is 10.1. The highest BCUT2D eigenvalue weighted by molar-refractivity contribution is 6.39. The van der Waals surface area contributed by atoms with Gasteiger partial charge in [-0.3, -0.25) is 15.6 Å². The van der Waals surface area contributed by atoms with Gasteiger partial charge in [0.1, 0.15) is 5.82 Å². The number of hydrogen-bond acceptors (Lipinski definition) is 2. The van der Waals surface area contributed by atoms with Crippen molar-refractivity contribution in [1.29, 1.82) is 0 Å². The summed E-state index contributed by atoms with van der Waals surface area (Å²) in [5.74, 6) is -0.824. The molecule has 2 rings (SSSR count). The lowest BCUT2D eigenvalue weighted by molar-refractivity contribution is 0.0962. The van der Waals surface area contributed by atoms with Gasteiger partial charge in [-0.05, 0) is 36.4 Å². The van der Waals surface area contributed by atoms with E-state index in [9.17, 15) is 9.18 Å². The number of para-hydroxylation sites is 1. The van der Waals surface area contributed by atoms with E-state index in [4.69, 9.17) is 23.2 Å². The Morgan fingerprint density at radius 3 is 2.16 bits per heavy atom. The molecule has 0 aliphatic carbocycles. The molecule has 6 heteroatoms. The number of carbonyl (C=O) groups excluding carboxylic acids is 1. The van der Waals surface area contributed by atoms with Gasteiger partial charge >= 0.3 is 0 Å². The number of amides is 1. The van der Waals surface area contributed by atoms with Crippen molar-refractivity contribution in [3.8, 4) is 0 Å². The van der Waals surface area contributed by atoms with E-state index in [1.807, 2.05) is 0 Å². The zero-order chi connectivity index (χ0) is 13.8. The minimum Gasteiger partial charge on any atom is -0.295 e. The standard InChI is InChI=1S/C13H9Cl2FN2O/c14-10-2-1-3-11(15)12(10)17-18-13(19)8-4-6-9(16)7-5-8/h1-7,17H,(H,18,19). The molecule has 1 amide bonds. The smallest absolute Gasteiger partial charge is 0.269 e. The van der Waals surface area contributed by atoms with Crippen molar-refractivity contribution >= 4 is 34.8 Å². The van der Waals surface area contributed by atoms with Crippen molar-refractivity contribution in [3.05, 3.63) is 63.9 Å². The predicted molar refractivity (Wildman–Crippen MR) is 74.0 cm³/mol. The Hall–Kier alpha value is -1.78. The summed E-state index contributed by atoms with van der Waals surface area (Å²) < 4.78 is 12.7. The van der Waals surface area contributed by atoms with E-state index in [1.54, 1.807) is 18.2 Å². The number of nitrogens with one attached hydrogen (secondary N) is 2. The predicted octanol–water partition coefficient (Wildman–Crippen LogP) is 3.89. The summed E-state index contributed by atoms with van der Waals surface area (Å²) >= 11 is 11.9. The third-order valence-corrected chi connectivity index (χ3v) is 3.00. The molecule has 0 fully saturated rings. The van der Waals surface area contributed by atoms with E-state index in [2.05, 4.69) is 10.9 Å². The van der Waals surface area contributed by atoms with E-state index < -0.39 is 11.7 Å². The Bertz CT molecular complexity index is 582. The van der Waals surface area contributed by atoms with Gasteiger partial charge in [0, 0.05) is 5.56 Å². The fourth-order valence-electron chi connectivity index (χ4n) is 1.41. The Kier molecular flexibility index (Phi) is 4.24. The molecule has 2 N–H and O–H groups in total. The molecule has 98 valence electrons. The van der Waals surface area contributed by atoms with Gasteiger partial charge in [0.25, 0.3) is 5.91 Å². The van der Waals surface area contributed by atoms with Gasteiger partial charge in [0.15, 0.2) is 0 Å². The zero-order valence-electron chi connectivity index (χ0n) is 9.58. The molecular weight excluding hydrogens is 290 g/mol. The van der Waals surface area contributed by atoms with Crippen LogP contribution in [0.1, 0.15) is 10.4 Å². The van der Waals surface area contributed by atoms with Gasteiger partial charge in [-0.2, -0.15) is 0 Å². The van der Waals surface area contributed by atoms with Gasteiger partial charge in [-0.15, -0.1) is 0 Å². The molecule has 0 unspecified atom stereocenters. The van der Waals surface area contributed by atoms with Gasteiger partial charge < -0.3 is 0 Å². The van der Waals surface area contributed by atoms with Crippen LogP contribution in [0.15, 0.2) is 42.5 Å². The Morgan fingerprint density at radius 2 is 1.58 bits per heavy atom. The number of benzene rings is 2. The maximum absolute atomic E-state index is 12.7. The molecule has 0 saturated carbocycles. The number of hydrogen-bond donors (Lipinski definition) is 2. The number of anilines is 1. The van der Waals surface area contributed by atoms with Crippen LogP contribution in [0, 0.1) is 5.82 Å². The lowest BCUT2D eigenvalue weighted by atomic mass is 10.2. The van der Waals surface area contributed by atoms with E-state index in [1.165, 1.54) is 24.3 Å². The number of halogens is 3. The van der Waals surface area contributed by atoms with Crippen LogP contribution in [0.5, 0.6) is 0 Å². The molecule has 0 atom stereocenters. The molecule has 0 radical (unpaired) electrons. The first kappa shape index (κ1) is 13.6. The van der Waals surface area contributed by atoms with Crippen LogP contribution >= 0.6 is 23.2 Å². The van der Waals surface area contributed by atoms with Gasteiger partial charge in [-0.25, -0.2) is 4.39 Å². The quantitative estimate of drug-likeness (QED) is 0.844. The molecule has 0 aromatic heterocycles. The third-order valence-electron chi connectivity index (χ3n) is 2.37. The van der Waals surface area contributed by atoms with Crippen molar-refractivity contribution < 1.29 is 9.18 Å². The van der Waals surface area contributed by atoms with Crippen LogP contribution in [-0.4, -0.2) is 5.91 Å². The maximum Gasteiger partial charge on any atom is 0.269 e. The summed E-state index contributed by atoms with van der Waals surface area (Å²) in [5.41, 5.74) is 5.79. The lowest BCUT2D eigenvalue weighted by Crippen LogP contribution is -2.29. The molecule has 0 spiro atoms. The van der Waals surface area contributed by atoms with Crippen LogP contribution in [0.2, 0.25) is 10.0 Å². The van der Waals surface area contributed by atoms with E-state index in [0.717, 1.165) is 0 Å². The van der Waals surface area contributed by atoms with Gasteiger partial charge in [0.05, 0.1) is 15.7 Å². The van der Waals surface area contributed by atoms with Crippen LogP contribution in [0.25, 0.3) is 0 Å². The highest BCUT2D eigenvalue weighted by Gasteiger charge is 2.08. The fourth-order valence-corrected chi connectivity index (χ4v) is 1.90. The minimum absolute atomic E-state index is 0.317. The lowest BCUT2D eigenvalue weighted by Gasteiger charge is -2.11. The molecule has 0 aliphatic rings. The maximum atomic E-state index is 12.7. The van der Waals surface area contributed by atoms with Crippen LogP contribution in [-0.2, 0) is 0 Å². The monoisotopic (exact) mass is 298 g/mol. The number of carbonyl (C=O) groups is 1. The second-order valence-electron chi connectivity index (χ2n) is 3.68. The Morgan fingerprint density at radius 1 is 1.00 bits per heavy atom. The zero-order valence-corrected chi connectivity index (χ0v) is 11.1. The molecule has 2 aromatic carbocycles. The van der Waals surface area contributed by atoms with Crippen LogP contribution < -0.4 is 10.9 Å². The van der Waals surface area contributed by atoms with E-state index in [-0.39, 0.29) is 0 Å². The van der Waals surface area contributed by atoms with Crippen LogP contribution in [0.3, 0.4) is 0 Å². The van der Waals surface area contributed by atoms with Crippen molar-refractivity contribution in [2.24, 2.45) is 0 Å². The van der Waals surface area contributed by atoms with Gasteiger partial charge in [-0.1, -0.05) is 29.3 Å². The van der Waals surface area contributed by atoms with Crippen molar-refractivity contribution in [1.82, 2.24) is 5.43 Å². The Labute approximate surface area is 119 Å². The SMILES string of the molecule is O=C(NNc1c(Cl)cccc1Cl)c1ccc(F)cc1. The average Bonchev–Trinajstić information content (AvgIpc) is 2.38. The summed E-state index contributed by atoms with van der Waals surface area (Å²) in [7, 11) is 0. The molecule has 3 nitrogen and oxygen atoms in total. The molecule has 19 heavy (non-hydrogen) atoms.